The van der Waals surface area contributed by atoms with Crippen LogP contribution < -0.4 is 10.6 Å². The molecule has 0 fully saturated rings. The van der Waals surface area contributed by atoms with Gasteiger partial charge >= 0.3 is 12.1 Å². The number of alkyl halides is 5. The van der Waals surface area contributed by atoms with E-state index in [1.54, 1.807) is 31.5 Å². The first-order chi connectivity index (χ1) is 14.5. The van der Waals surface area contributed by atoms with E-state index in [0.717, 1.165) is 12.1 Å². The van der Waals surface area contributed by atoms with Crippen molar-refractivity contribution in [3.63, 3.8) is 0 Å². The highest BCUT2D eigenvalue weighted by Crippen LogP contribution is 2.45. The van der Waals surface area contributed by atoms with Crippen LogP contribution in [0.25, 0.3) is 10.6 Å². The molecule has 0 aliphatic carbocycles. The van der Waals surface area contributed by atoms with Gasteiger partial charge in [0.15, 0.2) is 0 Å². The number of benzene rings is 1. The van der Waals surface area contributed by atoms with Crippen LogP contribution in [0.3, 0.4) is 0 Å². The summed E-state index contributed by atoms with van der Waals surface area (Å²) in [5.41, 5.74) is 0.239. The molecule has 0 saturated heterocycles. The van der Waals surface area contributed by atoms with Crippen molar-refractivity contribution in [2.45, 2.75) is 44.5 Å². The first-order valence-corrected chi connectivity index (χ1v) is 10.2. The van der Waals surface area contributed by atoms with E-state index in [9.17, 15) is 26.7 Å². The van der Waals surface area contributed by atoms with Crippen LogP contribution in [0.15, 0.2) is 35.8 Å². The number of thiazole rings is 1. The summed E-state index contributed by atoms with van der Waals surface area (Å²) in [6, 6.07) is 2.94. The molecular formula is C20H21F5N4OS. The van der Waals surface area contributed by atoms with E-state index in [2.05, 4.69) is 15.6 Å². The second-order valence-electron chi connectivity index (χ2n) is 7.24. The molecule has 0 aliphatic rings. The topological polar surface area (TPSA) is 77.8 Å². The SMILES string of the molecule is CC(C)C[C@H](N[C@@H](c1ccc(-c2nccs2)cc1)C(F)(F)C(F)(F)F)C(=O)NCC#N. The molecule has 0 aliphatic heterocycles. The lowest BCUT2D eigenvalue weighted by molar-refractivity contribution is -0.295. The second-order valence-corrected chi connectivity index (χ2v) is 8.13. The van der Waals surface area contributed by atoms with E-state index in [1.165, 1.54) is 23.5 Å². The zero-order valence-electron chi connectivity index (χ0n) is 16.7. The number of amides is 1. The average Bonchev–Trinajstić information content (AvgIpc) is 3.23. The van der Waals surface area contributed by atoms with Crippen LogP contribution >= 0.6 is 11.3 Å². The number of halogens is 5. The van der Waals surface area contributed by atoms with Gasteiger partial charge in [0.2, 0.25) is 5.91 Å². The zero-order valence-corrected chi connectivity index (χ0v) is 17.5. The molecule has 2 aromatic rings. The average molecular weight is 460 g/mol. The Bertz CT molecular complexity index is 892. The Morgan fingerprint density at radius 2 is 1.84 bits per heavy atom. The Morgan fingerprint density at radius 3 is 2.32 bits per heavy atom. The minimum atomic E-state index is -5.84. The lowest BCUT2D eigenvalue weighted by atomic mass is 9.95. The Kier molecular flexibility index (Phi) is 8.08. The monoisotopic (exact) mass is 460 g/mol. The van der Waals surface area contributed by atoms with Gasteiger partial charge in [-0.25, -0.2) is 4.98 Å². The summed E-state index contributed by atoms with van der Waals surface area (Å²) in [6.45, 7) is 3.01. The van der Waals surface area contributed by atoms with Crippen LogP contribution in [0, 0.1) is 17.2 Å². The number of hydrogen-bond acceptors (Lipinski definition) is 5. The van der Waals surface area contributed by atoms with Crippen molar-refractivity contribution in [1.82, 2.24) is 15.6 Å². The maximum absolute atomic E-state index is 14.5. The van der Waals surface area contributed by atoms with Crippen molar-refractivity contribution in [1.29, 1.82) is 5.26 Å². The molecule has 11 heteroatoms. The third kappa shape index (κ3) is 6.21. The summed E-state index contributed by atoms with van der Waals surface area (Å²) in [5, 5.41) is 15.3. The highest BCUT2D eigenvalue weighted by atomic mass is 32.1. The molecule has 1 amide bonds. The quantitative estimate of drug-likeness (QED) is 0.420. The number of hydrogen-bond donors (Lipinski definition) is 2. The second kappa shape index (κ2) is 10.2. The molecule has 5 nitrogen and oxygen atoms in total. The summed E-state index contributed by atoms with van der Waals surface area (Å²) in [6.07, 6.45) is -4.30. The van der Waals surface area contributed by atoms with Crippen molar-refractivity contribution >= 4 is 17.2 Å². The summed E-state index contributed by atoms with van der Waals surface area (Å²) in [5.74, 6) is -6.16. The Morgan fingerprint density at radius 1 is 1.19 bits per heavy atom. The lowest BCUT2D eigenvalue weighted by Crippen LogP contribution is -2.54. The Labute approximate surface area is 180 Å². The lowest BCUT2D eigenvalue weighted by Gasteiger charge is -2.33. The maximum atomic E-state index is 14.5. The molecule has 1 heterocycles. The van der Waals surface area contributed by atoms with Crippen LogP contribution in [0.5, 0.6) is 0 Å². The molecule has 2 atom stereocenters. The number of nitrogens with zero attached hydrogens (tertiary/aromatic N) is 2. The molecule has 2 rings (SSSR count). The van der Waals surface area contributed by atoms with Crippen molar-refractivity contribution in [3.8, 4) is 16.6 Å². The molecule has 2 N–H and O–H groups in total. The van der Waals surface area contributed by atoms with Crippen molar-refractivity contribution in [2.24, 2.45) is 5.92 Å². The third-order valence-corrected chi connectivity index (χ3v) is 5.22. The molecular weight excluding hydrogens is 439 g/mol. The fourth-order valence-corrected chi connectivity index (χ4v) is 3.58. The van der Waals surface area contributed by atoms with Gasteiger partial charge in [-0.1, -0.05) is 38.1 Å². The predicted octanol–water partition coefficient (Wildman–Crippen LogP) is 4.69. The zero-order chi connectivity index (χ0) is 23.2. The van der Waals surface area contributed by atoms with Gasteiger partial charge in [0.25, 0.3) is 0 Å². The van der Waals surface area contributed by atoms with Gasteiger partial charge in [-0.3, -0.25) is 10.1 Å². The van der Waals surface area contributed by atoms with Gasteiger partial charge in [-0.15, -0.1) is 11.3 Å². The smallest absolute Gasteiger partial charge is 0.342 e. The third-order valence-electron chi connectivity index (χ3n) is 4.40. The largest absolute Gasteiger partial charge is 0.455 e. The normalized spacial score (nSPS) is 14.2. The number of rotatable bonds is 9. The first kappa shape index (κ1) is 24.7. The Hall–Kier alpha value is -2.58. The van der Waals surface area contributed by atoms with Gasteiger partial charge in [0.1, 0.15) is 17.6 Å². The molecule has 0 radical (unpaired) electrons. The van der Waals surface area contributed by atoms with Crippen molar-refractivity contribution < 1.29 is 26.7 Å². The number of aromatic nitrogens is 1. The van der Waals surface area contributed by atoms with Crippen LogP contribution in [0.4, 0.5) is 22.0 Å². The van der Waals surface area contributed by atoms with Gasteiger partial charge < -0.3 is 5.32 Å². The van der Waals surface area contributed by atoms with Crippen LogP contribution in [0.2, 0.25) is 0 Å². The first-order valence-electron chi connectivity index (χ1n) is 9.32. The summed E-state index contributed by atoms with van der Waals surface area (Å²) in [7, 11) is 0. The van der Waals surface area contributed by atoms with Crippen LogP contribution in [0.1, 0.15) is 31.9 Å². The van der Waals surface area contributed by atoms with E-state index in [0.29, 0.717) is 10.6 Å². The summed E-state index contributed by atoms with van der Waals surface area (Å²) >= 11 is 1.29. The van der Waals surface area contributed by atoms with E-state index in [1.807, 2.05) is 0 Å². The number of nitriles is 1. The molecule has 31 heavy (non-hydrogen) atoms. The summed E-state index contributed by atoms with van der Waals surface area (Å²) < 4.78 is 68.7. The van der Waals surface area contributed by atoms with E-state index < -0.39 is 36.6 Å². The number of carbonyl (C=O) groups is 1. The molecule has 0 saturated carbocycles. The highest BCUT2D eigenvalue weighted by molar-refractivity contribution is 7.13. The summed E-state index contributed by atoms with van der Waals surface area (Å²) in [4.78, 5) is 16.4. The van der Waals surface area contributed by atoms with E-state index >= 15 is 0 Å². The molecule has 0 bridgehead atoms. The fraction of sp³-hybridized carbons (Fsp3) is 0.450. The van der Waals surface area contributed by atoms with Gasteiger partial charge in [0, 0.05) is 17.1 Å². The van der Waals surface area contributed by atoms with Crippen molar-refractivity contribution in [2.75, 3.05) is 6.54 Å². The molecule has 0 spiro atoms. The minimum Gasteiger partial charge on any atom is -0.342 e. The van der Waals surface area contributed by atoms with Gasteiger partial charge in [0.05, 0.1) is 12.1 Å². The van der Waals surface area contributed by atoms with Gasteiger partial charge in [-0.2, -0.15) is 27.2 Å². The van der Waals surface area contributed by atoms with Crippen LogP contribution in [-0.4, -0.2) is 35.6 Å². The van der Waals surface area contributed by atoms with Gasteiger partial charge in [-0.05, 0) is 17.9 Å². The molecule has 0 unspecified atom stereocenters. The molecule has 168 valence electrons. The van der Waals surface area contributed by atoms with E-state index in [4.69, 9.17) is 5.26 Å². The fourth-order valence-electron chi connectivity index (χ4n) is 2.93. The minimum absolute atomic E-state index is 0.00109. The maximum Gasteiger partial charge on any atom is 0.455 e. The number of nitrogens with one attached hydrogen (secondary N) is 2. The Balaban J connectivity index is 2.42. The predicted molar refractivity (Wildman–Crippen MR) is 106 cm³/mol. The standard InChI is InChI=1S/C20H21F5N4OS/c1-12(2)11-15(17(30)27-8-7-26)29-16(19(21,22)20(23,24)25)13-3-5-14(6-4-13)18-28-9-10-31-18/h3-6,9-10,12,15-16,29H,8,11H2,1-2H3,(H,27,30)/t15-,16-/m0/s1. The molecule has 1 aromatic carbocycles. The van der Waals surface area contributed by atoms with Crippen molar-refractivity contribution in [3.05, 3.63) is 41.4 Å². The van der Waals surface area contributed by atoms with E-state index in [-0.39, 0.29) is 17.9 Å². The molecule has 1 aromatic heterocycles. The van der Waals surface area contributed by atoms with Crippen LogP contribution in [-0.2, 0) is 4.79 Å². The highest BCUT2D eigenvalue weighted by Gasteiger charge is 2.63. The number of carbonyl (C=O) groups excluding carboxylic acids is 1.